The van der Waals surface area contributed by atoms with Gasteiger partial charge in [0.2, 0.25) is 5.91 Å². The van der Waals surface area contributed by atoms with Gasteiger partial charge < -0.3 is 15.2 Å². The lowest BCUT2D eigenvalue weighted by molar-refractivity contribution is -0.122. The summed E-state index contributed by atoms with van der Waals surface area (Å²) in [6, 6.07) is 15.1. The molecule has 0 aliphatic carbocycles. The Morgan fingerprint density at radius 3 is 2.32 bits per heavy atom. The molecule has 3 aromatic rings. The molecule has 1 atom stereocenters. The van der Waals surface area contributed by atoms with Gasteiger partial charge >= 0.3 is 0 Å². The Balaban J connectivity index is 1.75. The minimum absolute atomic E-state index is 0.0133. The van der Waals surface area contributed by atoms with Gasteiger partial charge in [-0.25, -0.2) is 0 Å². The van der Waals surface area contributed by atoms with Crippen molar-refractivity contribution in [2.24, 2.45) is 0 Å². The molecule has 128 valence electrons. The molecule has 1 unspecified atom stereocenters. The number of benzene rings is 2. The van der Waals surface area contributed by atoms with E-state index in [-0.39, 0.29) is 23.9 Å². The summed E-state index contributed by atoms with van der Waals surface area (Å²) in [6.07, 6.45) is 2.08. The van der Waals surface area contributed by atoms with E-state index < -0.39 is 0 Å². The smallest absolute Gasteiger partial charge is 0.240 e. The highest BCUT2D eigenvalue weighted by molar-refractivity contribution is 5.94. The molecule has 0 saturated carbocycles. The quantitative estimate of drug-likeness (QED) is 0.720. The van der Waals surface area contributed by atoms with Crippen LogP contribution in [-0.4, -0.2) is 29.6 Å². The van der Waals surface area contributed by atoms with Crippen LogP contribution in [-0.2, 0) is 11.3 Å². The largest absolute Gasteiger partial charge is 0.351 e. The zero-order valence-electron chi connectivity index (χ0n) is 14.0. The van der Waals surface area contributed by atoms with Crippen molar-refractivity contribution < 1.29 is 4.79 Å². The number of aromatic nitrogens is 1. The zero-order valence-corrected chi connectivity index (χ0v) is 14.0. The first-order valence-corrected chi connectivity index (χ1v) is 8.74. The van der Waals surface area contributed by atoms with Crippen molar-refractivity contribution >= 4 is 27.7 Å². The molecule has 2 aromatic carbocycles. The van der Waals surface area contributed by atoms with Gasteiger partial charge in [0.1, 0.15) is 6.54 Å². The molecule has 5 heteroatoms. The van der Waals surface area contributed by atoms with Gasteiger partial charge in [0.05, 0.1) is 11.0 Å². The molecule has 2 heterocycles. The fourth-order valence-corrected chi connectivity index (χ4v) is 3.64. The lowest BCUT2D eigenvalue weighted by atomic mass is 10.1. The number of nitrogens with zero attached hydrogens (tertiary/aromatic N) is 1. The van der Waals surface area contributed by atoms with Gasteiger partial charge in [0.15, 0.2) is 5.43 Å². The molecule has 1 aliphatic rings. The van der Waals surface area contributed by atoms with Crippen LogP contribution >= 0.6 is 0 Å². The van der Waals surface area contributed by atoms with Crippen LogP contribution in [0.25, 0.3) is 21.8 Å². The summed E-state index contributed by atoms with van der Waals surface area (Å²) in [5.41, 5.74) is 1.60. The Bertz CT molecular complexity index is 927. The van der Waals surface area contributed by atoms with Crippen LogP contribution in [0.4, 0.5) is 0 Å². The highest BCUT2D eigenvalue weighted by Crippen LogP contribution is 2.19. The van der Waals surface area contributed by atoms with E-state index in [0.717, 1.165) is 37.0 Å². The molecule has 1 amide bonds. The van der Waals surface area contributed by atoms with Gasteiger partial charge in [-0.1, -0.05) is 24.3 Å². The van der Waals surface area contributed by atoms with Crippen molar-refractivity contribution in [2.45, 2.75) is 25.4 Å². The summed E-state index contributed by atoms with van der Waals surface area (Å²) in [5.74, 6) is -0.0207. The number of fused-ring (bicyclic) bond motifs is 2. The number of nitrogens with one attached hydrogen (secondary N) is 2. The van der Waals surface area contributed by atoms with Gasteiger partial charge in [0.25, 0.3) is 0 Å². The maximum Gasteiger partial charge on any atom is 0.240 e. The number of piperidine rings is 1. The summed E-state index contributed by atoms with van der Waals surface area (Å²) in [4.78, 5) is 25.3. The molecule has 1 fully saturated rings. The van der Waals surface area contributed by atoms with E-state index in [1.807, 2.05) is 53.1 Å². The van der Waals surface area contributed by atoms with Gasteiger partial charge in [-0.2, -0.15) is 0 Å². The highest BCUT2D eigenvalue weighted by Gasteiger charge is 2.17. The topological polar surface area (TPSA) is 63.1 Å². The molecule has 25 heavy (non-hydrogen) atoms. The number of para-hydroxylation sites is 2. The molecular formula is C20H21N3O2. The van der Waals surface area contributed by atoms with Crippen molar-refractivity contribution in [1.29, 1.82) is 0 Å². The number of carbonyl (C=O) groups is 1. The first-order valence-electron chi connectivity index (χ1n) is 8.74. The number of hydrogen-bond donors (Lipinski definition) is 2. The van der Waals surface area contributed by atoms with E-state index in [9.17, 15) is 9.59 Å². The monoisotopic (exact) mass is 335 g/mol. The third kappa shape index (κ3) is 3.03. The predicted octanol–water partition coefficient (Wildman–Crippen LogP) is 2.02. The van der Waals surface area contributed by atoms with Crippen molar-refractivity contribution in [2.75, 3.05) is 13.1 Å². The fourth-order valence-electron chi connectivity index (χ4n) is 3.64. The number of amides is 1. The summed E-state index contributed by atoms with van der Waals surface area (Å²) in [7, 11) is 0. The fraction of sp³-hybridized carbons (Fsp3) is 0.300. The van der Waals surface area contributed by atoms with Crippen molar-refractivity contribution in [3.8, 4) is 0 Å². The molecule has 0 spiro atoms. The van der Waals surface area contributed by atoms with Gasteiger partial charge in [0, 0.05) is 23.4 Å². The summed E-state index contributed by atoms with van der Waals surface area (Å²) < 4.78 is 1.94. The Morgan fingerprint density at radius 2 is 1.72 bits per heavy atom. The Labute approximate surface area is 145 Å². The highest BCUT2D eigenvalue weighted by atomic mass is 16.2. The average molecular weight is 335 g/mol. The number of pyridine rings is 1. The van der Waals surface area contributed by atoms with Gasteiger partial charge in [-0.05, 0) is 43.7 Å². The maximum absolute atomic E-state index is 12.7. The maximum atomic E-state index is 12.7. The molecule has 1 aliphatic heterocycles. The minimum atomic E-state index is -0.0207. The van der Waals surface area contributed by atoms with Crippen LogP contribution in [0.5, 0.6) is 0 Å². The second-order valence-corrected chi connectivity index (χ2v) is 6.56. The van der Waals surface area contributed by atoms with Crippen molar-refractivity contribution in [1.82, 2.24) is 15.2 Å². The average Bonchev–Trinajstić information content (AvgIpc) is 2.66. The van der Waals surface area contributed by atoms with Gasteiger partial charge in [-0.15, -0.1) is 0 Å². The van der Waals surface area contributed by atoms with Crippen LogP contribution in [0.2, 0.25) is 0 Å². The summed E-state index contributed by atoms with van der Waals surface area (Å²) >= 11 is 0. The lowest BCUT2D eigenvalue weighted by Gasteiger charge is -2.24. The van der Waals surface area contributed by atoms with E-state index in [1.165, 1.54) is 0 Å². The number of hydrogen-bond acceptors (Lipinski definition) is 3. The van der Waals surface area contributed by atoms with E-state index in [4.69, 9.17) is 0 Å². The lowest BCUT2D eigenvalue weighted by Crippen LogP contribution is -2.46. The molecule has 4 rings (SSSR count). The standard InChI is InChI=1S/C20H21N3O2/c24-19(22-14-6-5-11-21-12-14)13-23-17-9-3-1-7-15(17)20(25)16-8-2-4-10-18(16)23/h1-4,7-10,14,21H,5-6,11-13H2,(H,22,24). The third-order valence-corrected chi connectivity index (χ3v) is 4.84. The molecular weight excluding hydrogens is 314 g/mol. The Morgan fingerprint density at radius 1 is 1.08 bits per heavy atom. The van der Waals surface area contributed by atoms with Crippen LogP contribution in [0.1, 0.15) is 12.8 Å². The molecule has 0 bridgehead atoms. The van der Waals surface area contributed by atoms with E-state index in [0.29, 0.717) is 10.8 Å². The van der Waals surface area contributed by atoms with Crippen molar-refractivity contribution in [3.05, 3.63) is 58.8 Å². The van der Waals surface area contributed by atoms with Crippen molar-refractivity contribution in [3.63, 3.8) is 0 Å². The first-order chi connectivity index (χ1) is 12.2. The number of carbonyl (C=O) groups excluding carboxylic acids is 1. The second kappa shape index (κ2) is 6.69. The van der Waals surface area contributed by atoms with Gasteiger partial charge in [-0.3, -0.25) is 9.59 Å². The third-order valence-electron chi connectivity index (χ3n) is 4.84. The molecule has 0 radical (unpaired) electrons. The van der Waals surface area contributed by atoms with Crippen LogP contribution in [0, 0.1) is 0 Å². The zero-order chi connectivity index (χ0) is 17.2. The minimum Gasteiger partial charge on any atom is -0.351 e. The Hall–Kier alpha value is -2.66. The second-order valence-electron chi connectivity index (χ2n) is 6.56. The normalized spacial score (nSPS) is 17.7. The van der Waals surface area contributed by atoms with E-state index in [1.54, 1.807) is 0 Å². The SMILES string of the molecule is O=C(Cn1c2ccccc2c(=O)c2ccccc21)NC1CCCNC1. The first kappa shape index (κ1) is 15.8. The molecule has 5 nitrogen and oxygen atoms in total. The Kier molecular flexibility index (Phi) is 4.24. The number of rotatable bonds is 3. The van der Waals surface area contributed by atoms with E-state index in [2.05, 4.69) is 10.6 Å². The predicted molar refractivity (Wildman–Crippen MR) is 99.7 cm³/mol. The van der Waals surface area contributed by atoms with E-state index >= 15 is 0 Å². The van der Waals surface area contributed by atoms with Crippen LogP contribution in [0.15, 0.2) is 53.3 Å². The summed E-state index contributed by atoms with van der Waals surface area (Å²) in [6.45, 7) is 2.04. The molecule has 2 N–H and O–H groups in total. The van der Waals surface area contributed by atoms with Crippen LogP contribution < -0.4 is 16.1 Å². The summed E-state index contributed by atoms with van der Waals surface area (Å²) in [5, 5.41) is 7.71. The molecule has 1 aromatic heterocycles. The van der Waals surface area contributed by atoms with Crippen LogP contribution in [0.3, 0.4) is 0 Å². The molecule has 1 saturated heterocycles.